The maximum absolute atomic E-state index is 12.9. The number of hydrogen-bond donors (Lipinski definition) is 0. The van der Waals surface area contributed by atoms with Gasteiger partial charge in [-0.1, -0.05) is 48.0 Å². The third kappa shape index (κ3) is 2.62. The van der Waals surface area contributed by atoms with Gasteiger partial charge in [0.2, 0.25) is 0 Å². The SMILES string of the molecule is Cc1ccc(-n2c(=C3C(=O)OC(C)(C)OC3=O)c3cccc4cccc2c43)cc1. The lowest BCUT2D eigenvalue weighted by atomic mass is 10.1. The van der Waals surface area contributed by atoms with Crippen LogP contribution < -0.4 is 5.35 Å². The molecule has 1 aromatic heterocycles. The fraction of sp³-hybridized carbons (Fsp3) is 0.167. The number of ether oxygens (including phenoxy) is 2. The number of cyclic esters (lactones) is 2. The summed E-state index contributed by atoms with van der Waals surface area (Å²) in [5.41, 5.74) is 2.80. The van der Waals surface area contributed by atoms with Crippen LogP contribution in [0.1, 0.15) is 19.4 Å². The van der Waals surface area contributed by atoms with Crippen LogP contribution >= 0.6 is 0 Å². The summed E-state index contributed by atoms with van der Waals surface area (Å²) >= 11 is 0. The normalized spacial score (nSPS) is 16.3. The Kier molecular flexibility index (Phi) is 3.59. The molecule has 1 fully saturated rings. The zero-order valence-electron chi connectivity index (χ0n) is 16.4. The minimum absolute atomic E-state index is 0.0893. The van der Waals surface area contributed by atoms with E-state index in [4.69, 9.17) is 9.47 Å². The smallest absolute Gasteiger partial charge is 0.351 e. The van der Waals surface area contributed by atoms with Crippen LogP contribution in [0.5, 0.6) is 0 Å². The second-order valence-electron chi connectivity index (χ2n) is 7.75. The van der Waals surface area contributed by atoms with E-state index in [1.807, 2.05) is 72.2 Å². The Balaban J connectivity index is 2.00. The highest BCUT2D eigenvalue weighted by Crippen LogP contribution is 2.30. The molecule has 29 heavy (non-hydrogen) atoms. The molecule has 5 heteroatoms. The van der Waals surface area contributed by atoms with Gasteiger partial charge in [0.15, 0.2) is 5.57 Å². The van der Waals surface area contributed by atoms with Crippen molar-refractivity contribution in [3.63, 3.8) is 0 Å². The summed E-state index contributed by atoms with van der Waals surface area (Å²) in [5.74, 6) is -2.64. The zero-order chi connectivity index (χ0) is 20.3. The highest BCUT2D eigenvalue weighted by Gasteiger charge is 2.40. The lowest BCUT2D eigenvalue weighted by Crippen LogP contribution is -2.44. The standard InChI is InChI=1S/C24H19NO4/c1-14-10-12-16(13-11-14)25-18-9-5-7-15-6-4-8-17(19(15)18)21(25)20-22(26)28-24(2,3)29-23(20)27/h4-13H,1-3H3. The van der Waals surface area contributed by atoms with Gasteiger partial charge < -0.3 is 14.0 Å². The first-order valence-corrected chi connectivity index (χ1v) is 9.45. The van der Waals surface area contributed by atoms with E-state index >= 15 is 0 Å². The first-order valence-electron chi connectivity index (χ1n) is 9.45. The molecule has 2 heterocycles. The zero-order valence-corrected chi connectivity index (χ0v) is 16.4. The molecule has 1 aliphatic rings. The molecule has 144 valence electrons. The van der Waals surface area contributed by atoms with Crippen molar-refractivity contribution in [2.75, 3.05) is 0 Å². The van der Waals surface area contributed by atoms with Crippen LogP contribution in [0.3, 0.4) is 0 Å². The number of nitrogens with zero attached hydrogens (tertiary/aromatic N) is 1. The average molecular weight is 385 g/mol. The highest BCUT2D eigenvalue weighted by atomic mass is 16.7. The molecule has 1 saturated heterocycles. The summed E-state index contributed by atoms with van der Waals surface area (Å²) in [5, 5.41) is 3.32. The summed E-state index contributed by atoms with van der Waals surface area (Å²) in [6.45, 7) is 5.11. The second kappa shape index (κ2) is 5.95. The molecule has 0 saturated carbocycles. The largest absolute Gasteiger partial charge is 0.419 e. The average Bonchev–Trinajstić information content (AvgIpc) is 2.98. The van der Waals surface area contributed by atoms with Crippen molar-refractivity contribution in [2.45, 2.75) is 26.6 Å². The van der Waals surface area contributed by atoms with Gasteiger partial charge in [0.25, 0.3) is 5.79 Å². The molecule has 5 nitrogen and oxygen atoms in total. The van der Waals surface area contributed by atoms with Crippen molar-refractivity contribution in [3.05, 3.63) is 71.6 Å². The van der Waals surface area contributed by atoms with Crippen LogP contribution in [-0.2, 0) is 19.1 Å². The van der Waals surface area contributed by atoms with Gasteiger partial charge in [0, 0.05) is 30.3 Å². The van der Waals surface area contributed by atoms with Gasteiger partial charge in [-0.15, -0.1) is 0 Å². The minimum atomic E-state index is -1.29. The lowest BCUT2D eigenvalue weighted by Gasteiger charge is -2.29. The summed E-state index contributed by atoms with van der Waals surface area (Å²) in [7, 11) is 0. The number of aromatic nitrogens is 1. The van der Waals surface area contributed by atoms with E-state index in [1.165, 1.54) is 0 Å². The van der Waals surface area contributed by atoms with Crippen LogP contribution in [0.4, 0.5) is 0 Å². The van der Waals surface area contributed by atoms with Crippen LogP contribution in [0.25, 0.3) is 32.9 Å². The van der Waals surface area contributed by atoms with Crippen molar-refractivity contribution in [1.82, 2.24) is 4.57 Å². The molecule has 1 aliphatic heterocycles. The molecule has 0 N–H and O–H groups in total. The number of esters is 2. The predicted molar refractivity (Wildman–Crippen MR) is 110 cm³/mol. The lowest BCUT2D eigenvalue weighted by molar-refractivity contribution is -0.217. The molecular formula is C24H19NO4. The van der Waals surface area contributed by atoms with Gasteiger partial charge in [-0.05, 0) is 30.5 Å². The topological polar surface area (TPSA) is 57.5 Å². The monoisotopic (exact) mass is 385 g/mol. The molecule has 0 aliphatic carbocycles. The van der Waals surface area contributed by atoms with Crippen LogP contribution in [0, 0.1) is 6.92 Å². The van der Waals surface area contributed by atoms with Crippen LogP contribution in [-0.4, -0.2) is 22.3 Å². The van der Waals surface area contributed by atoms with E-state index in [2.05, 4.69) is 0 Å². The fourth-order valence-corrected chi connectivity index (χ4v) is 4.00. The van der Waals surface area contributed by atoms with Gasteiger partial charge in [-0.2, -0.15) is 0 Å². The van der Waals surface area contributed by atoms with Crippen LogP contribution in [0.15, 0.2) is 60.7 Å². The molecule has 5 rings (SSSR count). The maximum atomic E-state index is 12.9. The van der Waals surface area contributed by atoms with E-state index in [-0.39, 0.29) is 5.57 Å². The third-order valence-corrected chi connectivity index (χ3v) is 5.22. The third-order valence-electron chi connectivity index (χ3n) is 5.22. The Labute approximate surface area is 167 Å². The second-order valence-corrected chi connectivity index (χ2v) is 7.75. The Bertz CT molecular complexity index is 1330. The van der Waals surface area contributed by atoms with E-state index in [9.17, 15) is 9.59 Å². The first kappa shape index (κ1) is 17.5. The van der Waals surface area contributed by atoms with Crippen molar-refractivity contribution in [2.24, 2.45) is 0 Å². The molecule has 0 spiro atoms. The predicted octanol–water partition coefficient (Wildman–Crippen LogP) is 3.80. The molecule has 0 amide bonds. The van der Waals surface area contributed by atoms with Crippen molar-refractivity contribution < 1.29 is 19.1 Å². The molecule has 0 bridgehead atoms. The van der Waals surface area contributed by atoms with Crippen molar-refractivity contribution in [1.29, 1.82) is 0 Å². The van der Waals surface area contributed by atoms with Gasteiger partial charge in [0.05, 0.1) is 10.9 Å². The minimum Gasteiger partial charge on any atom is -0.419 e. The highest BCUT2D eigenvalue weighted by molar-refractivity contribution is 6.38. The Morgan fingerprint density at radius 3 is 2.10 bits per heavy atom. The van der Waals surface area contributed by atoms with Crippen molar-refractivity contribution in [3.8, 4) is 5.69 Å². The number of aryl methyl sites for hydroxylation is 1. The van der Waals surface area contributed by atoms with E-state index < -0.39 is 17.7 Å². The van der Waals surface area contributed by atoms with E-state index in [0.29, 0.717) is 5.35 Å². The summed E-state index contributed by atoms with van der Waals surface area (Å²) < 4.78 is 12.7. The Morgan fingerprint density at radius 1 is 0.828 bits per heavy atom. The number of hydrogen-bond acceptors (Lipinski definition) is 4. The van der Waals surface area contributed by atoms with Gasteiger partial charge in [0.1, 0.15) is 0 Å². The number of carbonyl (C=O) groups excluding carboxylic acids is 2. The van der Waals surface area contributed by atoms with Gasteiger partial charge in [-0.25, -0.2) is 9.59 Å². The molecule has 3 aromatic carbocycles. The number of carbonyl (C=O) groups is 2. The van der Waals surface area contributed by atoms with E-state index in [1.54, 1.807) is 13.8 Å². The van der Waals surface area contributed by atoms with Crippen molar-refractivity contribution >= 4 is 39.2 Å². The summed E-state index contributed by atoms with van der Waals surface area (Å²) in [4.78, 5) is 25.8. The fourth-order valence-electron chi connectivity index (χ4n) is 4.00. The molecule has 0 atom stereocenters. The first-order chi connectivity index (χ1) is 13.9. The quantitative estimate of drug-likeness (QED) is 0.468. The van der Waals surface area contributed by atoms with Crippen LogP contribution in [0.2, 0.25) is 0 Å². The maximum Gasteiger partial charge on any atom is 0.351 e. The molecule has 4 aromatic rings. The summed E-state index contributed by atoms with van der Waals surface area (Å²) in [6.07, 6.45) is 0. The Hall–Kier alpha value is -3.60. The van der Waals surface area contributed by atoms with E-state index in [0.717, 1.165) is 32.9 Å². The Morgan fingerprint density at radius 2 is 1.45 bits per heavy atom. The molecule has 0 radical (unpaired) electrons. The number of benzene rings is 3. The molecular weight excluding hydrogens is 366 g/mol. The summed E-state index contributed by atoms with van der Waals surface area (Å²) in [6, 6.07) is 19.8. The molecule has 0 unspecified atom stereocenters. The van der Waals surface area contributed by atoms with Gasteiger partial charge in [-0.3, -0.25) is 0 Å². The number of rotatable bonds is 1. The van der Waals surface area contributed by atoms with Gasteiger partial charge >= 0.3 is 11.9 Å².